The minimum atomic E-state index is 0.0370. The quantitative estimate of drug-likeness (QED) is 0.891. The van der Waals surface area contributed by atoms with Gasteiger partial charge in [-0.1, -0.05) is 30.7 Å². The second-order valence-electron chi connectivity index (χ2n) is 8.94. The van der Waals surface area contributed by atoms with Crippen LogP contribution in [0.4, 0.5) is 0 Å². The molecule has 1 spiro atoms. The number of aliphatic hydroxyl groups excluding tert-OH is 1. The fourth-order valence-electron chi connectivity index (χ4n) is 5.42. The molecule has 3 fully saturated rings. The maximum absolute atomic E-state index is 13.0. The highest BCUT2D eigenvalue weighted by Gasteiger charge is 2.50. The SMILES string of the molecule is O=C(c1ccc2ccccc2n1)N1CCC2(CC1)CN(C1CCC1)CC2CO. The normalized spacial score (nSPS) is 25.3. The topological polar surface area (TPSA) is 56.7 Å². The van der Waals surface area contributed by atoms with E-state index in [1.54, 1.807) is 0 Å². The van der Waals surface area contributed by atoms with Crippen molar-refractivity contribution in [2.75, 3.05) is 32.8 Å². The van der Waals surface area contributed by atoms with E-state index in [-0.39, 0.29) is 17.9 Å². The third-order valence-electron chi connectivity index (χ3n) is 7.51. The number of fused-ring (bicyclic) bond motifs is 1. The molecule has 1 N–H and O–H groups in total. The molecule has 3 heterocycles. The third kappa shape index (κ3) is 3.01. The van der Waals surface area contributed by atoms with Crippen molar-refractivity contribution in [2.24, 2.45) is 11.3 Å². The molecule has 1 amide bonds. The molecular formula is C23H29N3O2. The molecule has 1 unspecified atom stereocenters. The number of likely N-dealkylation sites (tertiary alicyclic amines) is 2. The Morgan fingerprint density at radius 3 is 2.64 bits per heavy atom. The van der Waals surface area contributed by atoms with Crippen LogP contribution in [0.2, 0.25) is 0 Å². The van der Waals surface area contributed by atoms with Crippen molar-refractivity contribution in [1.82, 2.24) is 14.8 Å². The van der Waals surface area contributed by atoms with Gasteiger partial charge < -0.3 is 10.0 Å². The standard InChI is InChI=1S/C23H29N3O2/c27-15-18-14-26(19-5-3-6-19)16-23(18)10-12-25(13-11-23)22(28)21-9-8-17-4-1-2-7-20(17)24-21/h1-2,4,7-9,18-19,27H,3,5-6,10-16H2. The summed E-state index contributed by atoms with van der Waals surface area (Å²) < 4.78 is 0. The van der Waals surface area contributed by atoms with Gasteiger partial charge in [0.2, 0.25) is 0 Å². The van der Waals surface area contributed by atoms with Crippen LogP contribution in [0.5, 0.6) is 0 Å². The molecule has 1 atom stereocenters. The predicted molar refractivity (Wildman–Crippen MR) is 109 cm³/mol. The highest BCUT2D eigenvalue weighted by Crippen LogP contribution is 2.46. The Bertz CT molecular complexity index is 871. The van der Waals surface area contributed by atoms with Crippen LogP contribution in [-0.2, 0) is 0 Å². The zero-order valence-corrected chi connectivity index (χ0v) is 16.4. The Hall–Kier alpha value is -1.98. The molecule has 1 aromatic carbocycles. The van der Waals surface area contributed by atoms with Gasteiger partial charge >= 0.3 is 0 Å². The van der Waals surface area contributed by atoms with E-state index in [9.17, 15) is 9.90 Å². The molecule has 148 valence electrons. The first-order valence-electron chi connectivity index (χ1n) is 10.7. The molecule has 2 aliphatic heterocycles. The number of carbonyl (C=O) groups excluding carboxylic acids is 1. The molecule has 0 radical (unpaired) electrons. The van der Waals surface area contributed by atoms with Gasteiger partial charge in [0.25, 0.3) is 5.91 Å². The molecule has 5 heteroatoms. The number of nitrogens with zero attached hydrogens (tertiary/aromatic N) is 3. The lowest BCUT2D eigenvalue weighted by Gasteiger charge is -2.43. The molecule has 0 bridgehead atoms. The number of hydrogen-bond acceptors (Lipinski definition) is 4. The van der Waals surface area contributed by atoms with E-state index in [0.717, 1.165) is 56.0 Å². The van der Waals surface area contributed by atoms with Gasteiger partial charge in [-0.3, -0.25) is 9.69 Å². The number of rotatable bonds is 3. The van der Waals surface area contributed by atoms with E-state index in [2.05, 4.69) is 9.88 Å². The van der Waals surface area contributed by atoms with Gasteiger partial charge in [0.1, 0.15) is 5.69 Å². The lowest BCUT2D eigenvalue weighted by Crippen LogP contribution is -2.47. The van der Waals surface area contributed by atoms with Gasteiger partial charge in [-0.15, -0.1) is 0 Å². The summed E-state index contributed by atoms with van der Waals surface area (Å²) in [5.74, 6) is 0.388. The van der Waals surface area contributed by atoms with Crippen LogP contribution in [0.15, 0.2) is 36.4 Å². The van der Waals surface area contributed by atoms with Crippen molar-refractivity contribution in [2.45, 2.75) is 38.1 Å². The summed E-state index contributed by atoms with van der Waals surface area (Å²) in [6.45, 7) is 3.93. The summed E-state index contributed by atoms with van der Waals surface area (Å²) >= 11 is 0. The maximum Gasteiger partial charge on any atom is 0.272 e. The highest BCUT2D eigenvalue weighted by atomic mass is 16.3. The van der Waals surface area contributed by atoms with Crippen molar-refractivity contribution in [3.8, 4) is 0 Å². The summed E-state index contributed by atoms with van der Waals surface area (Å²) in [4.78, 5) is 22.2. The molecule has 5 rings (SSSR count). The van der Waals surface area contributed by atoms with Crippen LogP contribution < -0.4 is 0 Å². The van der Waals surface area contributed by atoms with Crippen molar-refractivity contribution in [1.29, 1.82) is 0 Å². The molecule has 2 saturated heterocycles. The fourth-order valence-corrected chi connectivity index (χ4v) is 5.42. The summed E-state index contributed by atoms with van der Waals surface area (Å²) in [6.07, 6.45) is 5.94. The Kier molecular flexibility index (Phi) is 4.60. The summed E-state index contributed by atoms with van der Waals surface area (Å²) in [6, 6.07) is 12.5. The molecule has 28 heavy (non-hydrogen) atoms. The first-order valence-corrected chi connectivity index (χ1v) is 10.7. The lowest BCUT2D eigenvalue weighted by atomic mass is 9.71. The fraction of sp³-hybridized carbons (Fsp3) is 0.565. The summed E-state index contributed by atoms with van der Waals surface area (Å²) in [5.41, 5.74) is 1.59. The van der Waals surface area contributed by atoms with E-state index in [0.29, 0.717) is 11.6 Å². The van der Waals surface area contributed by atoms with Crippen molar-refractivity contribution >= 4 is 16.8 Å². The van der Waals surface area contributed by atoms with E-state index >= 15 is 0 Å². The minimum Gasteiger partial charge on any atom is -0.396 e. The average Bonchev–Trinajstić information content (AvgIpc) is 3.03. The van der Waals surface area contributed by atoms with Crippen molar-refractivity contribution in [3.05, 3.63) is 42.1 Å². The number of pyridine rings is 1. The molecule has 3 aliphatic rings. The number of hydrogen-bond donors (Lipinski definition) is 1. The smallest absolute Gasteiger partial charge is 0.272 e. The molecule has 1 aliphatic carbocycles. The monoisotopic (exact) mass is 379 g/mol. The average molecular weight is 380 g/mol. The number of aliphatic hydroxyl groups is 1. The Labute approximate surface area is 166 Å². The number of amides is 1. The molecular weight excluding hydrogens is 350 g/mol. The molecule has 1 aromatic heterocycles. The number of carbonyl (C=O) groups is 1. The van der Waals surface area contributed by atoms with Gasteiger partial charge in [0.05, 0.1) is 5.52 Å². The minimum absolute atomic E-state index is 0.0370. The third-order valence-corrected chi connectivity index (χ3v) is 7.51. The Balaban J connectivity index is 1.28. The number of piperidine rings is 1. The van der Waals surface area contributed by atoms with E-state index in [1.165, 1.54) is 19.3 Å². The van der Waals surface area contributed by atoms with Crippen LogP contribution in [-0.4, -0.2) is 64.6 Å². The van der Waals surface area contributed by atoms with E-state index in [4.69, 9.17) is 0 Å². The van der Waals surface area contributed by atoms with Gasteiger partial charge in [0, 0.05) is 50.1 Å². The Morgan fingerprint density at radius 1 is 1.14 bits per heavy atom. The van der Waals surface area contributed by atoms with Crippen molar-refractivity contribution in [3.63, 3.8) is 0 Å². The number of aromatic nitrogens is 1. The highest BCUT2D eigenvalue weighted by molar-refractivity contribution is 5.95. The zero-order valence-electron chi connectivity index (χ0n) is 16.4. The number of para-hydroxylation sites is 1. The van der Waals surface area contributed by atoms with Crippen LogP contribution in [0.1, 0.15) is 42.6 Å². The zero-order chi connectivity index (χ0) is 19.1. The van der Waals surface area contributed by atoms with E-state index in [1.807, 2.05) is 41.3 Å². The van der Waals surface area contributed by atoms with Gasteiger partial charge in [-0.25, -0.2) is 4.98 Å². The lowest BCUT2D eigenvalue weighted by molar-refractivity contribution is 0.0382. The predicted octanol–water partition coefficient (Wildman–Crippen LogP) is 2.93. The summed E-state index contributed by atoms with van der Waals surface area (Å²) in [5, 5.41) is 11.1. The van der Waals surface area contributed by atoms with Crippen LogP contribution in [0.3, 0.4) is 0 Å². The molecule has 5 nitrogen and oxygen atoms in total. The van der Waals surface area contributed by atoms with Crippen LogP contribution >= 0.6 is 0 Å². The second kappa shape index (κ2) is 7.12. The second-order valence-corrected chi connectivity index (χ2v) is 8.94. The van der Waals surface area contributed by atoms with Crippen LogP contribution in [0.25, 0.3) is 10.9 Å². The molecule has 2 aromatic rings. The first-order chi connectivity index (χ1) is 13.7. The van der Waals surface area contributed by atoms with E-state index < -0.39 is 0 Å². The first kappa shape index (κ1) is 18.1. The summed E-state index contributed by atoms with van der Waals surface area (Å²) in [7, 11) is 0. The molecule has 1 saturated carbocycles. The van der Waals surface area contributed by atoms with Crippen molar-refractivity contribution < 1.29 is 9.90 Å². The van der Waals surface area contributed by atoms with Crippen LogP contribution in [0, 0.1) is 11.3 Å². The maximum atomic E-state index is 13.0. The largest absolute Gasteiger partial charge is 0.396 e. The number of benzene rings is 1. The van der Waals surface area contributed by atoms with Gasteiger partial charge in [-0.05, 0) is 43.2 Å². The van der Waals surface area contributed by atoms with Gasteiger partial charge in [0.15, 0.2) is 0 Å². The Morgan fingerprint density at radius 2 is 1.93 bits per heavy atom. The van der Waals surface area contributed by atoms with Gasteiger partial charge in [-0.2, -0.15) is 0 Å².